The first-order valence-corrected chi connectivity index (χ1v) is 12.0. The quantitative estimate of drug-likeness (QED) is 0.430. The predicted molar refractivity (Wildman–Crippen MR) is 134 cm³/mol. The second-order valence-electron chi connectivity index (χ2n) is 8.95. The zero-order chi connectivity index (χ0) is 23.7. The van der Waals surface area contributed by atoms with Crippen LogP contribution in [0.4, 0.5) is 5.69 Å². The molecule has 3 aromatic rings. The van der Waals surface area contributed by atoms with E-state index in [0.717, 1.165) is 47.3 Å². The van der Waals surface area contributed by atoms with Crippen molar-refractivity contribution >= 4 is 23.2 Å². The molecule has 0 saturated heterocycles. The number of carbonyl (C=O) groups is 1. The van der Waals surface area contributed by atoms with E-state index >= 15 is 0 Å². The number of rotatable bonds is 4. The van der Waals surface area contributed by atoms with Crippen LogP contribution in [0.25, 0.3) is 0 Å². The van der Waals surface area contributed by atoms with Gasteiger partial charge in [0.15, 0.2) is 0 Å². The summed E-state index contributed by atoms with van der Waals surface area (Å²) in [4.78, 5) is 13.3. The Morgan fingerprint density at radius 2 is 1.97 bits per heavy atom. The number of hydrogen-bond acceptors (Lipinski definition) is 5. The molecule has 6 nitrogen and oxygen atoms in total. The van der Waals surface area contributed by atoms with Crippen molar-refractivity contribution in [2.45, 2.75) is 38.3 Å². The van der Waals surface area contributed by atoms with E-state index in [9.17, 15) is 9.90 Å². The van der Waals surface area contributed by atoms with Crippen LogP contribution in [0.1, 0.15) is 34.7 Å². The van der Waals surface area contributed by atoms with Gasteiger partial charge in [0.1, 0.15) is 17.2 Å². The number of halogens is 1. The molecule has 2 aliphatic rings. The van der Waals surface area contributed by atoms with Crippen LogP contribution in [0, 0.1) is 6.92 Å². The van der Waals surface area contributed by atoms with E-state index < -0.39 is 0 Å². The molecule has 5 rings (SSSR count). The molecule has 7 heteroatoms. The van der Waals surface area contributed by atoms with E-state index in [1.165, 1.54) is 0 Å². The molecule has 34 heavy (non-hydrogen) atoms. The monoisotopic (exact) mass is 477 g/mol. The minimum atomic E-state index is -0.325. The molecular formula is C27H28ClN3O3. The van der Waals surface area contributed by atoms with Gasteiger partial charge in [0.05, 0.1) is 12.1 Å². The average molecular weight is 478 g/mol. The highest BCUT2D eigenvalue weighted by Crippen LogP contribution is 2.35. The molecule has 0 bridgehead atoms. The molecule has 0 fully saturated rings. The van der Waals surface area contributed by atoms with Gasteiger partial charge in [-0.3, -0.25) is 4.79 Å². The summed E-state index contributed by atoms with van der Waals surface area (Å²) in [5, 5.41) is 20.6. The van der Waals surface area contributed by atoms with Crippen molar-refractivity contribution in [1.29, 1.82) is 0 Å². The number of fused-ring (bicyclic) bond motifs is 2. The maximum atomic E-state index is 13.3. The lowest BCUT2D eigenvalue weighted by Crippen LogP contribution is -2.47. The number of hydrogen-bond donors (Lipinski definition) is 4. The van der Waals surface area contributed by atoms with Crippen LogP contribution in [0.3, 0.4) is 0 Å². The van der Waals surface area contributed by atoms with Gasteiger partial charge >= 0.3 is 0 Å². The van der Waals surface area contributed by atoms with Crippen LogP contribution in [0.5, 0.6) is 17.2 Å². The fourth-order valence-corrected chi connectivity index (χ4v) is 5.06. The Labute approximate surface area is 204 Å². The lowest BCUT2D eigenvalue weighted by molar-refractivity contribution is -0.123. The highest BCUT2D eigenvalue weighted by Gasteiger charge is 2.28. The molecule has 2 atom stereocenters. The number of ether oxygens (including phenoxy) is 1. The van der Waals surface area contributed by atoms with Gasteiger partial charge in [0.2, 0.25) is 5.91 Å². The number of amides is 1. The Morgan fingerprint density at radius 3 is 2.82 bits per heavy atom. The summed E-state index contributed by atoms with van der Waals surface area (Å²) in [5.41, 5.74) is 5.28. The number of phenolic OH excluding ortho intramolecular Hbond substituents is 1. The van der Waals surface area contributed by atoms with E-state index in [2.05, 4.69) is 16.0 Å². The van der Waals surface area contributed by atoms with Gasteiger partial charge in [-0.2, -0.15) is 0 Å². The minimum absolute atomic E-state index is 0.0145. The Bertz CT molecular complexity index is 1230. The van der Waals surface area contributed by atoms with Crippen LogP contribution in [-0.2, 0) is 17.6 Å². The standard InChI is InChI=1S/C27H28ClN3O3/c1-16-11-19(32)12-17-7-9-30-26(15-22(16)17)27(33)31-25-8-10-29-24-6-5-21(14-23(24)25)34-20-4-2-3-18(28)13-20/h2-6,11-14,25-26,29-30,32H,7-10,15H2,1H3,(H,31,33)/t25-,26+/m1/s1. The summed E-state index contributed by atoms with van der Waals surface area (Å²) in [7, 11) is 0. The van der Waals surface area contributed by atoms with Crippen molar-refractivity contribution in [2.24, 2.45) is 0 Å². The Hall–Kier alpha value is -3.22. The van der Waals surface area contributed by atoms with Crippen molar-refractivity contribution in [3.05, 3.63) is 81.9 Å². The van der Waals surface area contributed by atoms with Crippen LogP contribution < -0.4 is 20.7 Å². The third kappa shape index (κ3) is 4.83. The molecule has 0 radical (unpaired) electrons. The second-order valence-corrected chi connectivity index (χ2v) is 9.38. The van der Waals surface area contributed by atoms with E-state index in [-0.39, 0.29) is 23.7 Å². The largest absolute Gasteiger partial charge is 0.508 e. The highest BCUT2D eigenvalue weighted by molar-refractivity contribution is 6.30. The fraction of sp³-hybridized carbons (Fsp3) is 0.296. The summed E-state index contributed by atoms with van der Waals surface area (Å²) in [6.45, 7) is 3.46. The van der Waals surface area contributed by atoms with Gasteiger partial charge in [0, 0.05) is 22.8 Å². The Kier molecular flexibility index (Phi) is 6.35. The van der Waals surface area contributed by atoms with Crippen molar-refractivity contribution < 1.29 is 14.6 Å². The van der Waals surface area contributed by atoms with E-state index in [1.807, 2.05) is 43.3 Å². The van der Waals surface area contributed by atoms with Gasteiger partial charge < -0.3 is 25.8 Å². The smallest absolute Gasteiger partial charge is 0.237 e. The molecular weight excluding hydrogens is 450 g/mol. The van der Waals surface area contributed by atoms with Crippen LogP contribution in [0.2, 0.25) is 5.02 Å². The van der Waals surface area contributed by atoms with Gasteiger partial charge in [-0.05, 0) is 98.0 Å². The summed E-state index contributed by atoms with van der Waals surface area (Å²) in [5.74, 6) is 1.63. The number of nitrogens with one attached hydrogen (secondary N) is 3. The van der Waals surface area contributed by atoms with Crippen molar-refractivity contribution in [3.63, 3.8) is 0 Å². The van der Waals surface area contributed by atoms with E-state index in [4.69, 9.17) is 16.3 Å². The van der Waals surface area contributed by atoms with E-state index in [0.29, 0.717) is 29.5 Å². The number of phenols is 1. The third-order valence-corrected chi connectivity index (χ3v) is 6.79. The predicted octanol–water partition coefficient (Wildman–Crippen LogP) is 4.88. The number of aromatic hydroxyl groups is 1. The zero-order valence-corrected chi connectivity index (χ0v) is 19.8. The minimum Gasteiger partial charge on any atom is -0.508 e. The van der Waals surface area contributed by atoms with Gasteiger partial charge in [-0.25, -0.2) is 0 Å². The van der Waals surface area contributed by atoms with Crippen LogP contribution in [0.15, 0.2) is 54.6 Å². The van der Waals surface area contributed by atoms with Crippen molar-refractivity contribution in [1.82, 2.24) is 10.6 Å². The summed E-state index contributed by atoms with van der Waals surface area (Å²) >= 11 is 6.09. The lowest BCUT2D eigenvalue weighted by Gasteiger charge is -2.29. The zero-order valence-electron chi connectivity index (χ0n) is 19.0. The normalized spacial score (nSPS) is 19.2. The van der Waals surface area contributed by atoms with Gasteiger partial charge in [0.25, 0.3) is 0 Å². The number of benzene rings is 3. The molecule has 176 valence electrons. The third-order valence-electron chi connectivity index (χ3n) is 6.56. The molecule has 2 aliphatic heterocycles. The number of aryl methyl sites for hydroxylation is 1. The first-order valence-electron chi connectivity index (χ1n) is 11.6. The molecule has 3 aromatic carbocycles. The molecule has 0 aromatic heterocycles. The number of anilines is 1. The Balaban J connectivity index is 1.34. The van der Waals surface area contributed by atoms with Gasteiger partial charge in [-0.1, -0.05) is 17.7 Å². The van der Waals surface area contributed by atoms with Crippen LogP contribution in [-0.4, -0.2) is 30.1 Å². The van der Waals surface area contributed by atoms with Gasteiger partial charge in [-0.15, -0.1) is 0 Å². The van der Waals surface area contributed by atoms with E-state index in [1.54, 1.807) is 18.2 Å². The summed E-state index contributed by atoms with van der Waals surface area (Å²) in [6, 6.07) is 16.3. The second kappa shape index (κ2) is 9.57. The molecule has 0 saturated carbocycles. The molecule has 0 spiro atoms. The SMILES string of the molecule is Cc1cc(O)cc2c1C[C@@H](C(=O)N[C@@H]1CCNc3ccc(Oc4cccc(Cl)c4)cc31)NCC2. The summed E-state index contributed by atoms with van der Waals surface area (Å²) in [6.07, 6.45) is 2.17. The maximum absolute atomic E-state index is 13.3. The average Bonchev–Trinajstić information content (AvgIpc) is 3.02. The maximum Gasteiger partial charge on any atom is 0.237 e. The molecule has 2 heterocycles. The first-order chi connectivity index (χ1) is 16.5. The molecule has 1 amide bonds. The van der Waals surface area contributed by atoms with Crippen molar-refractivity contribution in [2.75, 3.05) is 18.4 Å². The first kappa shape index (κ1) is 22.6. The summed E-state index contributed by atoms with van der Waals surface area (Å²) < 4.78 is 6.02. The topological polar surface area (TPSA) is 82.6 Å². The molecule has 0 unspecified atom stereocenters. The lowest BCUT2D eigenvalue weighted by atomic mass is 9.94. The highest BCUT2D eigenvalue weighted by atomic mass is 35.5. The molecule has 4 N–H and O–H groups in total. The fourth-order valence-electron chi connectivity index (χ4n) is 4.88. The molecule has 0 aliphatic carbocycles. The van der Waals surface area contributed by atoms with Crippen molar-refractivity contribution in [3.8, 4) is 17.2 Å². The van der Waals surface area contributed by atoms with Crippen LogP contribution >= 0.6 is 11.6 Å². The number of carbonyl (C=O) groups excluding carboxylic acids is 1. The Morgan fingerprint density at radius 1 is 1.12 bits per heavy atom.